The molecule has 20 heavy (non-hydrogen) atoms. The Labute approximate surface area is 119 Å². The molecule has 2 aromatic rings. The molecule has 7 nitrogen and oxygen atoms in total. The van der Waals surface area contributed by atoms with Crippen molar-refractivity contribution in [2.75, 3.05) is 31.4 Å². The van der Waals surface area contributed by atoms with Crippen molar-refractivity contribution in [2.24, 2.45) is 0 Å². The molecule has 0 aliphatic carbocycles. The van der Waals surface area contributed by atoms with E-state index in [9.17, 15) is 0 Å². The summed E-state index contributed by atoms with van der Waals surface area (Å²) in [5.74, 6) is 1.69. The molecular weight excluding hydrogens is 254 g/mol. The van der Waals surface area contributed by atoms with Crippen LogP contribution in [-0.2, 0) is 12.8 Å². The molecule has 2 heterocycles. The van der Waals surface area contributed by atoms with Gasteiger partial charge in [-0.2, -0.15) is 20.1 Å². The summed E-state index contributed by atoms with van der Waals surface area (Å²) in [7, 11) is 5.60. The Kier molecular flexibility index (Phi) is 4.16. The van der Waals surface area contributed by atoms with Crippen molar-refractivity contribution in [3.8, 4) is 5.95 Å². The quantitative estimate of drug-likeness (QED) is 0.886. The Morgan fingerprint density at radius 1 is 1.15 bits per heavy atom. The minimum atomic E-state index is 0.536. The minimum absolute atomic E-state index is 0.536. The number of aromatic nitrogens is 5. The highest BCUT2D eigenvalue weighted by Crippen LogP contribution is 2.14. The van der Waals surface area contributed by atoms with E-state index < -0.39 is 0 Å². The highest BCUT2D eigenvalue weighted by molar-refractivity contribution is 5.39. The van der Waals surface area contributed by atoms with Crippen LogP contribution < -0.4 is 10.2 Å². The van der Waals surface area contributed by atoms with Crippen molar-refractivity contribution in [1.82, 2.24) is 24.7 Å². The smallest absolute Gasteiger partial charge is 0.257 e. The van der Waals surface area contributed by atoms with Gasteiger partial charge in [0.25, 0.3) is 5.95 Å². The summed E-state index contributed by atoms with van der Waals surface area (Å²) in [5, 5.41) is 7.52. The molecule has 0 fully saturated rings. The highest BCUT2D eigenvalue weighted by Gasteiger charge is 2.13. The lowest BCUT2D eigenvalue weighted by Crippen LogP contribution is -2.17. The number of aryl methyl sites for hydroxylation is 2. The van der Waals surface area contributed by atoms with Gasteiger partial charge in [-0.3, -0.25) is 0 Å². The van der Waals surface area contributed by atoms with Crippen molar-refractivity contribution in [1.29, 1.82) is 0 Å². The fourth-order valence-corrected chi connectivity index (χ4v) is 1.83. The van der Waals surface area contributed by atoms with Crippen LogP contribution in [0.15, 0.2) is 6.07 Å². The molecule has 0 spiro atoms. The third kappa shape index (κ3) is 2.71. The highest BCUT2D eigenvalue weighted by atomic mass is 15.4. The zero-order valence-electron chi connectivity index (χ0n) is 12.7. The summed E-state index contributed by atoms with van der Waals surface area (Å²) in [6.45, 7) is 4.18. The molecule has 7 heteroatoms. The monoisotopic (exact) mass is 275 g/mol. The lowest BCUT2D eigenvalue weighted by Gasteiger charge is -2.13. The van der Waals surface area contributed by atoms with E-state index in [1.165, 1.54) is 0 Å². The average Bonchev–Trinajstić information content (AvgIpc) is 2.90. The molecule has 0 atom stereocenters. The molecule has 0 aliphatic rings. The van der Waals surface area contributed by atoms with Gasteiger partial charge in [0, 0.05) is 26.8 Å². The van der Waals surface area contributed by atoms with Crippen LogP contribution in [0.25, 0.3) is 5.95 Å². The van der Waals surface area contributed by atoms with Crippen LogP contribution in [0.3, 0.4) is 0 Å². The number of hydrogen-bond acceptors (Lipinski definition) is 6. The molecule has 0 unspecified atom stereocenters. The predicted octanol–water partition coefficient (Wildman–Crippen LogP) is 1.29. The van der Waals surface area contributed by atoms with Crippen molar-refractivity contribution in [3.63, 3.8) is 0 Å². The molecular formula is C13H21N7. The number of hydrogen-bond donors (Lipinski definition) is 1. The van der Waals surface area contributed by atoms with Crippen LogP contribution in [0.2, 0.25) is 0 Å². The molecule has 108 valence electrons. The van der Waals surface area contributed by atoms with Crippen molar-refractivity contribution in [3.05, 3.63) is 17.5 Å². The Morgan fingerprint density at radius 2 is 1.90 bits per heavy atom. The first-order chi connectivity index (χ1) is 9.58. The minimum Gasteiger partial charge on any atom is -0.357 e. The normalized spacial score (nSPS) is 10.7. The number of rotatable bonds is 5. The van der Waals surface area contributed by atoms with Crippen LogP contribution in [0.4, 0.5) is 11.9 Å². The van der Waals surface area contributed by atoms with Gasteiger partial charge in [0.2, 0.25) is 11.9 Å². The van der Waals surface area contributed by atoms with Gasteiger partial charge in [-0.25, -0.2) is 4.68 Å². The summed E-state index contributed by atoms with van der Waals surface area (Å²) in [4.78, 5) is 15.0. The third-order valence-corrected chi connectivity index (χ3v) is 2.98. The lowest BCUT2D eigenvalue weighted by atomic mass is 10.3. The molecule has 0 saturated heterocycles. The second-order valence-electron chi connectivity index (χ2n) is 4.65. The van der Waals surface area contributed by atoms with Gasteiger partial charge >= 0.3 is 0 Å². The summed E-state index contributed by atoms with van der Waals surface area (Å²) in [5.41, 5.74) is 2.14. The molecule has 2 aromatic heterocycles. The summed E-state index contributed by atoms with van der Waals surface area (Å²) in [6, 6.07) is 2.10. The van der Waals surface area contributed by atoms with Crippen LogP contribution in [0, 0.1) is 0 Å². The van der Waals surface area contributed by atoms with E-state index in [4.69, 9.17) is 0 Å². The Morgan fingerprint density at radius 3 is 2.45 bits per heavy atom. The number of nitrogens with zero attached hydrogens (tertiary/aromatic N) is 6. The Balaban J connectivity index is 2.56. The third-order valence-electron chi connectivity index (χ3n) is 2.98. The maximum absolute atomic E-state index is 4.56. The average molecular weight is 275 g/mol. The van der Waals surface area contributed by atoms with Crippen LogP contribution in [0.1, 0.15) is 25.2 Å². The Bertz CT molecular complexity index is 588. The second-order valence-corrected chi connectivity index (χ2v) is 4.65. The van der Waals surface area contributed by atoms with Gasteiger partial charge in [-0.05, 0) is 18.9 Å². The molecule has 0 radical (unpaired) electrons. The van der Waals surface area contributed by atoms with E-state index in [-0.39, 0.29) is 0 Å². The van der Waals surface area contributed by atoms with Crippen molar-refractivity contribution in [2.45, 2.75) is 26.7 Å². The van der Waals surface area contributed by atoms with E-state index in [1.807, 2.05) is 19.0 Å². The first-order valence-corrected chi connectivity index (χ1v) is 6.78. The summed E-state index contributed by atoms with van der Waals surface area (Å²) >= 11 is 0. The molecule has 1 N–H and O–H groups in total. The molecule has 0 saturated carbocycles. The Hall–Kier alpha value is -2.18. The number of anilines is 2. The van der Waals surface area contributed by atoms with Gasteiger partial charge in [0.15, 0.2) is 0 Å². The number of nitrogens with one attached hydrogen (secondary N) is 1. The van der Waals surface area contributed by atoms with Gasteiger partial charge in [-0.1, -0.05) is 13.8 Å². The first kappa shape index (κ1) is 14.2. The summed E-state index contributed by atoms with van der Waals surface area (Å²) < 4.78 is 1.80. The maximum Gasteiger partial charge on any atom is 0.257 e. The lowest BCUT2D eigenvalue weighted by molar-refractivity contribution is 0.737. The summed E-state index contributed by atoms with van der Waals surface area (Å²) in [6.07, 6.45) is 1.77. The molecule has 0 aromatic carbocycles. The zero-order chi connectivity index (χ0) is 14.7. The van der Waals surface area contributed by atoms with Gasteiger partial charge in [-0.15, -0.1) is 0 Å². The first-order valence-electron chi connectivity index (χ1n) is 6.78. The van der Waals surface area contributed by atoms with Gasteiger partial charge < -0.3 is 10.2 Å². The van der Waals surface area contributed by atoms with E-state index in [0.717, 1.165) is 24.2 Å². The van der Waals surface area contributed by atoms with E-state index >= 15 is 0 Å². The largest absolute Gasteiger partial charge is 0.357 e. The fourth-order valence-electron chi connectivity index (χ4n) is 1.83. The molecule has 0 aliphatic heterocycles. The van der Waals surface area contributed by atoms with Crippen LogP contribution >= 0.6 is 0 Å². The second kappa shape index (κ2) is 5.85. The van der Waals surface area contributed by atoms with Crippen molar-refractivity contribution >= 4 is 11.9 Å². The van der Waals surface area contributed by atoms with Gasteiger partial charge in [0.1, 0.15) is 0 Å². The fraction of sp³-hybridized carbons (Fsp3) is 0.538. The zero-order valence-corrected chi connectivity index (χ0v) is 12.7. The van der Waals surface area contributed by atoms with E-state index in [1.54, 1.807) is 11.7 Å². The SMILES string of the molecule is CCc1cc(CC)n(-c2nc(NC)nc(N(C)C)n2)n1. The van der Waals surface area contributed by atoms with E-state index in [2.05, 4.69) is 45.3 Å². The maximum atomic E-state index is 4.56. The van der Waals surface area contributed by atoms with Crippen LogP contribution in [0.5, 0.6) is 0 Å². The predicted molar refractivity (Wildman–Crippen MR) is 79.6 cm³/mol. The van der Waals surface area contributed by atoms with E-state index in [0.29, 0.717) is 17.8 Å². The molecule has 0 bridgehead atoms. The van der Waals surface area contributed by atoms with Gasteiger partial charge in [0.05, 0.1) is 5.69 Å². The topological polar surface area (TPSA) is 71.8 Å². The van der Waals surface area contributed by atoms with Crippen LogP contribution in [-0.4, -0.2) is 45.9 Å². The standard InChI is InChI=1S/C13H21N7/c1-6-9-8-10(7-2)20(18-9)13-16-11(14-3)15-12(17-13)19(4)5/h8H,6-7H2,1-5H3,(H,14,15,16,17). The molecule has 0 amide bonds. The molecule has 2 rings (SSSR count). The van der Waals surface area contributed by atoms with Crippen molar-refractivity contribution < 1.29 is 0 Å².